The van der Waals surface area contributed by atoms with Crippen LogP contribution in [0.3, 0.4) is 0 Å². The van der Waals surface area contributed by atoms with Gasteiger partial charge in [-0.15, -0.1) is 0 Å². The average molecular weight is 310 g/mol. The molecule has 0 amide bonds. The molecule has 1 aliphatic carbocycles. The molecular formula is C19H18O4. The van der Waals surface area contributed by atoms with E-state index in [9.17, 15) is 9.59 Å². The van der Waals surface area contributed by atoms with Crippen LogP contribution in [0.2, 0.25) is 0 Å². The van der Waals surface area contributed by atoms with Crippen molar-refractivity contribution in [1.29, 1.82) is 0 Å². The molecule has 0 aliphatic heterocycles. The highest BCUT2D eigenvalue weighted by atomic mass is 16.5. The monoisotopic (exact) mass is 310 g/mol. The Hall–Kier alpha value is -2.62. The lowest BCUT2D eigenvalue weighted by molar-refractivity contribution is 0.0595. The lowest BCUT2D eigenvalue weighted by Gasteiger charge is -2.18. The van der Waals surface area contributed by atoms with Crippen molar-refractivity contribution in [3.8, 4) is 5.75 Å². The molecule has 0 aromatic heterocycles. The third-order valence-electron chi connectivity index (χ3n) is 4.00. The molecule has 0 bridgehead atoms. The Morgan fingerprint density at radius 3 is 2.65 bits per heavy atom. The van der Waals surface area contributed by atoms with Gasteiger partial charge in [0.1, 0.15) is 17.9 Å². The Bertz CT molecular complexity index is 735. The number of hydrogen-bond acceptors (Lipinski definition) is 4. The van der Waals surface area contributed by atoms with E-state index in [-0.39, 0.29) is 5.78 Å². The van der Waals surface area contributed by atoms with Crippen LogP contribution in [0.25, 0.3) is 0 Å². The van der Waals surface area contributed by atoms with Crippen LogP contribution >= 0.6 is 0 Å². The van der Waals surface area contributed by atoms with Crippen LogP contribution in [-0.4, -0.2) is 18.9 Å². The molecule has 0 saturated carbocycles. The molecular weight excluding hydrogens is 292 g/mol. The number of carbonyl (C=O) groups excluding carboxylic acids is 2. The number of aryl methyl sites for hydroxylation is 1. The van der Waals surface area contributed by atoms with Crippen LogP contribution in [0.5, 0.6) is 5.75 Å². The lowest BCUT2D eigenvalue weighted by atomic mass is 9.89. The maximum atomic E-state index is 12.0. The summed E-state index contributed by atoms with van der Waals surface area (Å²) in [4.78, 5) is 24.1. The highest BCUT2D eigenvalue weighted by molar-refractivity contribution is 6.02. The van der Waals surface area contributed by atoms with Crippen LogP contribution in [0.4, 0.5) is 0 Å². The summed E-state index contributed by atoms with van der Waals surface area (Å²) < 4.78 is 10.7. The summed E-state index contributed by atoms with van der Waals surface area (Å²) in [6.45, 7) is 0.359. The van der Waals surface area contributed by atoms with Gasteiger partial charge in [-0.3, -0.25) is 4.79 Å². The molecule has 23 heavy (non-hydrogen) atoms. The van der Waals surface area contributed by atoms with Gasteiger partial charge in [0.15, 0.2) is 5.78 Å². The maximum absolute atomic E-state index is 12.0. The Balaban J connectivity index is 1.94. The van der Waals surface area contributed by atoms with Gasteiger partial charge in [-0.05, 0) is 36.1 Å². The summed E-state index contributed by atoms with van der Waals surface area (Å²) in [5.74, 6) is 0.0504. The second-order valence-electron chi connectivity index (χ2n) is 5.55. The van der Waals surface area contributed by atoms with E-state index in [0.29, 0.717) is 29.9 Å². The second kappa shape index (κ2) is 6.65. The van der Waals surface area contributed by atoms with Crippen molar-refractivity contribution in [1.82, 2.24) is 0 Å². The Morgan fingerprint density at radius 1 is 1.13 bits per heavy atom. The standard InChI is InChI=1S/C19H18O4/c1-22-19(21)16-11-15-14(8-5-9-17(15)20)10-18(16)23-12-13-6-3-2-4-7-13/h2-4,6-7,10-11H,5,8-9,12H2,1H3. The van der Waals surface area contributed by atoms with Crippen LogP contribution in [0, 0.1) is 0 Å². The number of Topliss-reactive ketones (excluding diaryl/α,β-unsaturated/α-hetero) is 1. The van der Waals surface area contributed by atoms with Crippen molar-refractivity contribution in [2.45, 2.75) is 25.9 Å². The largest absolute Gasteiger partial charge is 0.488 e. The van der Waals surface area contributed by atoms with Gasteiger partial charge in [0.25, 0.3) is 0 Å². The molecule has 0 saturated heterocycles. The van der Waals surface area contributed by atoms with Crippen molar-refractivity contribution in [3.63, 3.8) is 0 Å². The number of fused-ring (bicyclic) bond motifs is 1. The van der Waals surface area contributed by atoms with E-state index in [1.807, 2.05) is 36.4 Å². The minimum Gasteiger partial charge on any atom is -0.488 e. The van der Waals surface area contributed by atoms with Crippen LogP contribution in [0.1, 0.15) is 44.7 Å². The highest BCUT2D eigenvalue weighted by Gasteiger charge is 2.23. The molecule has 0 heterocycles. The van der Waals surface area contributed by atoms with Gasteiger partial charge in [-0.1, -0.05) is 30.3 Å². The van der Waals surface area contributed by atoms with Crippen molar-refractivity contribution < 1.29 is 19.1 Å². The number of ketones is 1. The van der Waals surface area contributed by atoms with Crippen molar-refractivity contribution >= 4 is 11.8 Å². The molecule has 4 heteroatoms. The molecule has 4 nitrogen and oxygen atoms in total. The first kappa shape index (κ1) is 15.3. The Morgan fingerprint density at radius 2 is 1.91 bits per heavy atom. The molecule has 0 fully saturated rings. The molecule has 0 atom stereocenters. The predicted octanol–water partition coefficient (Wildman–Crippen LogP) is 3.57. The molecule has 3 rings (SSSR count). The number of methoxy groups -OCH3 is 1. The third kappa shape index (κ3) is 3.26. The van der Waals surface area contributed by atoms with Crippen molar-refractivity contribution in [2.24, 2.45) is 0 Å². The first-order valence-electron chi connectivity index (χ1n) is 7.64. The van der Waals surface area contributed by atoms with Gasteiger partial charge >= 0.3 is 5.97 Å². The predicted molar refractivity (Wildman–Crippen MR) is 85.8 cm³/mol. The lowest BCUT2D eigenvalue weighted by Crippen LogP contribution is -2.14. The van der Waals surface area contributed by atoms with Crippen molar-refractivity contribution in [3.05, 3.63) is 64.7 Å². The molecule has 0 unspecified atom stereocenters. The molecule has 0 spiro atoms. The van der Waals surface area contributed by atoms with E-state index in [1.165, 1.54) is 7.11 Å². The normalized spacial score (nSPS) is 13.3. The quantitative estimate of drug-likeness (QED) is 0.810. The zero-order valence-electron chi connectivity index (χ0n) is 13.0. The van der Waals surface area contributed by atoms with Crippen LogP contribution < -0.4 is 4.74 Å². The van der Waals surface area contributed by atoms with E-state index in [2.05, 4.69) is 0 Å². The first-order chi connectivity index (χ1) is 11.2. The summed E-state index contributed by atoms with van der Waals surface area (Å²) in [6, 6.07) is 13.1. The zero-order valence-corrected chi connectivity index (χ0v) is 13.0. The van der Waals surface area contributed by atoms with E-state index in [0.717, 1.165) is 24.0 Å². The Labute approximate surface area is 135 Å². The number of ether oxygens (including phenoxy) is 2. The minimum atomic E-state index is -0.491. The van der Waals surface area contributed by atoms with Gasteiger partial charge in [0.2, 0.25) is 0 Å². The first-order valence-corrected chi connectivity index (χ1v) is 7.64. The van der Waals surface area contributed by atoms with Gasteiger partial charge in [-0.2, -0.15) is 0 Å². The summed E-state index contributed by atoms with van der Waals surface area (Å²) >= 11 is 0. The van der Waals surface area contributed by atoms with E-state index in [4.69, 9.17) is 9.47 Å². The second-order valence-corrected chi connectivity index (χ2v) is 5.55. The van der Waals surface area contributed by atoms with Gasteiger partial charge in [-0.25, -0.2) is 4.79 Å². The van der Waals surface area contributed by atoms with Gasteiger partial charge < -0.3 is 9.47 Å². The fraction of sp³-hybridized carbons (Fsp3) is 0.263. The fourth-order valence-electron chi connectivity index (χ4n) is 2.79. The van der Waals surface area contributed by atoms with Crippen molar-refractivity contribution in [2.75, 3.05) is 7.11 Å². The third-order valence-corrected chi connectivity index (χ3v) is 4.00. The molecule has 2 aromatic rings. The molecule has 118 valence electrons. The Kier molecular flexibility index (Phi) is 4.42. The summed E-state index contributed by atoms with van der Waals surface area (Å²) in [5.41, 5.74) is 2.87. The van der Waals surface area contributed by atoms with Crippen LogP contribution in [-0.2, 0) is 17.8 Å². The van der Waals surface area contributed by atoms with E-state index < -0.39 is 5.97 Å². The fourth-order valence-corrected chi connectivity index (χ4v) is 2.79. The van der Waals surface area contributed by atoms with Gasteiger partial charge in [0, 0.05) is 12.0 Å². The summed E-state index contributed by atoms with van der Waals surface area (Å²) in [5, 5.41) is 0. The highest BCUT2D eigenvalue weighted by Crippen LogP contribution is 2.30. The number of esters is 1. The smallest absolute Gasteiger partial charge is 0.341 e. The van der Waals surface area contributed by atoms with Gasteiger partial charge in [0.05, 0.1) is 7.11 Å². The summed E-state index contributed by atoms with van der Waals surface area (Å²) in [6.07, 6.45) is 2.18. The zero-order chi connectivity index (χ0) is 16.2. The maximum Gasteiger partial charge on any atom is 0.341 e. The number of rotatable bonds is 4. The number of benzene rings is 2. The SMILES string of the molecule is COC(=O)c1cc2c(cc1OCc1ccccc1)CCCC2=O. The topological polar surface area (TPSA) is 52.6 Å². The molecule has 0 radical (unpaired) electrons. The molecule has 1 aliphatic rings. The van der Waals surface area contributed by atoms with E-state index in [1.54, 1.807) is 6.07 Å². The summed E-state index contributed by atoms with van der Waals surface area (Å²) in [7, 11) is 1.32. The van der Waals surface area contributed by atoms with Crippen LogP contribution in [0.15, 0.2) is 42.5 Å². The average Bonchev–Trinajstić information content (AvgIpc) is 2.60. The number of hydrogen-bond donors (Lipinski definition) is 0. The molecule has 2 aromatic carbocycles. The van der Waals surface area contributed by atoms with E-state index >= 15 is 0 Å². The minimum absolute atomic E-state index is 0.0750. The number of carbonyl (C=O) groups is 2. The molecule has 0 N–H and O–H groups in total.